The van der Waals surface area contributed by atoms with Crippen LogP contribution in [0.4, 0.5) is 0 Å². The molecule has 3 rings (SSSR count). The average Bonchev–Trinajstić information content (AvgIpc) is 3.05. The van der Waals surface area contributed by atoms with Crippen LogP contribution in [0.5, 0.6) is 11.5 Å². The molecule has 25 heavy (non-hydrogen) atoms. The first-order valence-electron chi connectivity index (χ1n) is 7.92. The first kappa shape index (κ1) is 21.2. The number of aromatic nitrogens is 1. The molecule has 5 nitrogen and oxygen atoms in total. The molecule has 1 aliphatic rings. The highest BCUT2D eigenvalue weighted by atomic mass is 35.5. The number of benzene rings is 1. The maximum Gasteiger partial charge on any atom is 0.270 e. The lowest BCUT2D eigenvalue weighted by Crippen LogP contribution is -2.51. The Kier molecular flexibility index (Phi) is 8.16. The van der Waals surface area contributed by atoms with E-state index in [-0.39, 0.29) is 36.3 Å². The lowest BCUT2D eigenvalue weighted by Gasteiger charge is -2.28. The van der Waals surface area contributed by atoms with Gasteiger partial charge in [-0.15, -0.1) is 24.8 Å². The van der Waals surface area contributed by atoms with E-state index in [9.17, 15) is 4.79 Å². The van der Waals surface area contributed by atoms with Crippen molar-refractivity contribution in [2.24, 2.45) is 5.73 Å². The SMILES string of the molecule is Cl.Cl.NCC1(NC(=O)c2cc(Oc3ccccc3)ccn2)CCCC1. The summed E-state index contributed by atoms with van der Waals surface area (Å²) in [6, 6.07) is 12.8. The Morgan fingerprint density at radius 1 is 1.12 bits per heavy atom. The van der Waals surface area contributed by atoms with Crippen molar-refractivity contribution >= 4 is 30.7 Å². The number of halogens is 2. The number of hydrogen-bond acceptors (Lipinski definition) is 4. The van der Waals surface area contributed by atoms with Gasteiger partial charge in [0.15, 0.2) is 0 Å². The fourth-order valence-corrected chi connectivity index (χ4v) is 2.96. The van der Waals surface area contributed by atoms with E-state index < -0.39 is 0 Å². The lowest BCUT2D eigenvalue weighted by molar-refractivity contribution is 0.0897. The minimum atomic E-state index is -0.283. The van der Waals surface area contributed by atoms with E-state index in [1.807, 2.05) is 30.3 Å². The Bertz CT molecular complexity index is 677. The number of nitrogens with two attached hydrogens (primary N) is 1. The number of carbonyl (C=O) groups excluding carboxylic acids is 1. The highest BCUT2D eigenvalue weighted by molar-refractivity contribution is 5.93. The van der Waals surface area contributed by atoms with Gasteiger partial charge in [-0.05, 0) is 31.0 Å². The van der Waals surface area contributed by atoms with Gasteiger partial charge in [-0.25, -0.2) is 0 Å². The second-order valence-corrected chi connectivity index (χ2v) is 5.94. The molecule has 136 valence electrons. The number of ether oxygens (including phenoxy) is 1. The van der Waals surface area contributed by atoms with Gasteiger partial charge in [-0.3, -0.25) is 9.78 Å². The van der Waals surface area contributed by atoms with Crippen molar-refractivity contribution in [3.8, 4) is 11.5 Å². The predicted octanol–water partition coefficient (Wildman–Crippen LogP) is 3.72. The van der Waals surface area contributed by atoms with E-state index in [0.29, 0.717) is 18.0 Å². The quantitative estimate of drug-likeness (QED) is 0.824. The summed E-state index contributed by atoms with van der Waals surface area (Å²) in [5, 5.41) is 3.07. The number of carbonyl (C=O) groups is 1. The first-order chi connectivity index (χ1) is 11.2. The second kappa shape index (κ2) is 9.61. The third-order valence-electron chi connectivity index (χ3n) is 4.27. The first-order valence-corrected chi connectivity index (χ1v) is 7.92. The summed E-state index contributed by atoms with van der Waals surface area (Å²) in [6.07, 6.45) is 5.63. The molecule has 1 aliphatic carbocycles. The molecular weight excluding hydrogens is 361 g/mol. The summed E-state index contributed by atoms with van der Waals surface area (Å²) >= 11 is 0. The van der Waals surface area contributed by atoms with Gasteiger partial charge in [-0.1, -0.05) is 31.0 Å². The van der Waals surface area contributed by atoms with Crippen LogP contribution in [0.3, 0.4) is 0 Å². The van der Waals surface area contributed by atoms with Gasteiger partial charge in [0.2, 0.25) is 0 Å². The van der Waals surface area contributed by atoms with Crippen LogP contribution >= 0.6 is 24.8 Å². The van der Waals surface area contributed by atoms with Crippen LogP contribution in [0, 0.1) is 0 Å². The van der Waals surface area contributed by atoms with Gasteiger partial charge in [0.25, 0.3) is 5.91 Å². The maximum absolute atomic E-state index is 12.5. The molecule has 1 amide bonds. The lowest BCUT2D eigenvalue weighted by atomic mass is 9.97. The summed E-state index contributed by atoms with van der Waals surface area (Å²) < 4.78 is 5.75. The third kappa shape index (κ3) is 5.33. The highest BCUT2D eigenvalue weighted by Crippen LogP contribution is 2.29. The smallest absolute Gasteiger partial charge is 0.270 e. The molecule has 0 aliphatic heterocycles. The standard InChI is InChI=1S/C18H21N3O2.2ClH/c19-13-18(9-4-5-10-18)21-17(22)16-12-15(8-11-20-16)23-14-6-2-1-3-7-14;;/h1-3,6-8,11-12H,4-5,9-10,13,19H2,(H,21,22);2*1H. The molecule has 2 aromatic rings. The van der Waals surface area contributed by atoms with E-state index >= 15 is 0 Å². The Balaban J connectivity index is 0.00000156. The summed E-state index contributed by atoms with van der Waals surface area (Å²) in [7, 11) is 0. The number of nitrogens with zero attached hydrogens (tertiary/aromatic N) is 1. The van der Waals surface area contributed by atoms with Crippen molar-refractivity contribution in [3.63, 3.8) is 0 Å². The molecule has 1 fully saturated rings. The molecule has 1 saturated carbocycles. The van der Waals surface area contributed by atoms with Gasteiger partial charge in [-0.2, -0.15) is 0 Å². The van der Waals surface area contributed by atoms with E-state index in [0.717, 1.165) is 31.4 Å². The number of pyridine rings is 1. The van der Waals surface area contributed by atoms with Crippen molar-refractivity contribution in [1.29, 1.82) is 0 Å². The monoisotopic (exact) mass is 383 g/mol. The van der Waals surface area contributed by atoms with Gasteiger partial charge in [0.1, 0.15) is 17.2 Å². The van der Waals surface area contributed by atoms with Crippen LogP contribution in [0.25, 0.3) is 0 Å². The second-order valence-electron chi connectivity index (χ2n) is 5.94. The predicted molar refractivity (Wildman–Crippen MR) is 103 cm³/mol. The van der Waals surface area contributed by atoms with Crippen LogP contribution in [0.15, 0.2) is 48.7 Å². The number of nitrogens with one attached hydrogen (secondary N) is 1. The number of hydrogen-bond donors (Lipinski definition) is 2. The summed E-state index contributed by atoms with van der Waals surface area (Å²) in [5.74, 6) is 1.11. The molecule has 0 bridgehead atoms. The molecule has 0 spiro atoms. The van der Waals surface area contributed by atoms with E-state index in [4.69, 9.17) is 10.5 Å². The normalized spacial score (nSPS) is 14.8. The molecule has 1 heterocycles. The largest absolute Gasteiger partial charge is 0.457 e. The Morgan fingerprint density at radius 3 is 2.44 bits per heavy atom. The summed E-state index contributed by atoms with van der Waals surface area (Å²) in [6.45, 7) is 0.457. The van der Waals surface area contributed by atoms with E-state index in [2.05, 4.69) is 10.3 Å². The van der Waals surface area contributed by atoms with Crippen LogP contribution in [0.2, 0.25) is 0 Å². The zero-order chi connectivity index (χ0) is 16.1. The Hall–Kier alpha value is -1.82. The Labute approximate surface area is 160 Å². The van der Waals surface area contributed by atoms with Crippen LogP contribution < -0.4 is 15.8 Å². The Morgan fingerprint density at radius 2 is 1.80 bits per heavy atom. The topological polar surface area (TPSA) is 77.2 Å². The van der Waals surface area contributed by atoms with Crippen LogP contribution in [-0.4, -0.2) is 23.0 Å². The van der Waals surface area contributed by atoms with Crippen molar-refractivity contribution in [1.82, 2.24) is 10.3 Å². The minimum Gasteiger partial charge on any atom is -0.457 e. The van der Waals surface area contributed by atoms with E-state index in [1.165, 1.54) is 0 Å². The molecule has 7 heteroatoms. The molecule has 0 saturated heterocycles. The van der Waals surface area contributed by atoms with Crippen LogP contribution in [-0.2, 0) is 0 Å². The van der Waals surface area contributed by atoms with Crippen molar-refractivity contribution in [2.45, 2.75) is 31.2 Å². The summed E-state index contributed by atoms with van der Waals surface area (Å²) in [5.41, 5.74) is 5.93. The fraction of sp³-hybridized carbons (Fsp3) is 0.333. The fourth-order valence-electron chi connectivity index (χ4n) is 2.96. The molecular formula is C18H23Cl2N3O2. The number of para-hydroxylation sites is 1. The molecule has 1 aromatic heterocycles. The number of rotatable bonds is 5. The third-order valence-corrected chi connectivity index (χ3v) is 4.27. The van der Waals surface area contributed by atoms with Crippen LogP contribution in [0.1, 0.15) is 36.2 Å². The molecule has 1 aromatic carbocycles. The van der Waals surface area contributed by atoms with E-state index in [1.54, 1.807) is 18.3 Å². The molecule has 0 atom stereocenters. The molecule has 0 radical (unpaired) electrons. The maximum atomic E-state index is 12.5. The van der Waals surface area contributed by atoms with Crippen molar-refractivity contribution in [3.05, 3.63) is 54.4 Å². The zero-order valence-electron chi connectivity index (χ0n) is 13.8. The minimum absolute atomic E-state index is 0. The van der Waals surface area contributed by atoms with Crippen molar-refractivity contribution < 1.29 is 9.53 Å². The highest BCUT2D eigenvalue weighted by Gasteiger charge is 2.34. The number of amides is 1. The van der Waals surface area contributed by atoms with Gasteiger partial charge in [0, 0.05) is 18.8 Å². The van der Waals surface area contributed by atoms with Crippen molar-refractivity contribution in [2.75, 3.05) is 6.54 Å². The van der Waals surface area contributed by atoms with Gasteiger partial charge < -0.3 is 15.8 Å². The molecule has 0 unspecified atom stereocenters. The zero-order valence-corrected chi connectivity index (χ0v) is 15.4. The van der Waals surface area contributed by atoms with Gasteiger partial charge in [0.05, 0.1) is 5.54 Å². The molecule has 3 N–H and O–H groups in total. The summed E-state index contributed by atoms with van der Waals surface area (Å²) in [4.78, 5) is 16.6. The average molecular weight is 384 g/mol. The van der Waals surface area contributed by atoms with Gasteiger partial charge >= 0.3 is 0 Å².